The monoisotopic (exact) mass is 731 g/mol. The normalized spacial score (nSPS) is 19.1. The van der Waals surface area contributed by atoms with E-state index >= 15 is 0 Å². The molecule has 4 amide bonds. The molecule has 280 valence electrons. The number of piperidine rings is 3. The molecule has 2 aromatic carbocycles. The van der Waals surface area contributed by atoms with Crippen LogP contribution in [0, 0.1) is 0 Å². The fraction of sp³-hybridized carbons (Fsp3) is 0.425. The molecule has 1 atom stereocenters. The first-order valence-corrected chi connectivity index (χ1v) is 18.9. The van der Waals surface area contributed by atoms with Crippen LogP contribution >= 0.6 is 0 Å². The van der Waals surface area contributed by atoms with E-state index in [9.17, 15) is 19.2 Å². The number of anilines is 1. The van der Waals surface area contributed by atoms with Crippen LogP contribution in [0.5, 0.6) is 5.75 Å². The molecule has 3 aromatic heterocycles. The van der Waals surface area contributed by atoms with Crippen LogP contribution in [0.25, 0.3) is 16.6 Å². The summed E-state index contributed by atoms with van der Waals surface area (Å²) >= 11 is 0. The van der Waals surface area contributed by atoms with Gasteiger partial charge in [-0.05, 0) is 88.2 Å². The molecule has 5 aromatic rings. The van der Waals surface area contributed by atoms with Gasteiger partial charge in [-0.25, -0.2) is 9.50 Å². The first kappa shape index (κ1) is 35.4. The average Bonchev–Trinajstić information content (AvgIpc) is 3.78. The molecule has 3 fully saturated rings. The van der Waals surface area contributed by atoms with Crippen molar-refractivity contribution >= 4 is 45.9 Å². The Morgan fingerprint density at radius 3 is 2.48 bits per heavy atom. The van der Waals surface area contributed by atoms with E-state index in [2.05, 4.69) is 37.7 Å². The maximum atomic E-state index is 13.6. The molecule has 2 N–H and O–H groups in total. The van der Waals surface area contributed by atoms with Gasteiger partial charge in [0.1, 0.15) is 11.4 Å². The van der Waals surface area contributed by atoms with E-state index in [0.717, 1.165) is 55.2 Å². The minimum Gasteiger partial charge on any atom is -0.490 e. The second-order valence-electron chi connectivity index (χ2n) is 14.9. The summed E-state index contributed by atoms with van der Waals surface area (Å²) in [7, 11) is 0. The lowest BCUT2D eigenvalue weighted by atomic mass is 9.86. The van der Waals surface area contributed by atoms with Crippen LogP contribution in [-0.4, -0.2) is 96.6 Å². The van der Waals surface area contributed by atoms with Crippen LogP contribution in [-0.2, 0) is 14.4 Å². The first-order chi connectivity index (χ1) is 26.2. The Kier molecular flexibility index (Phi) is 9.84. The quantitative estimate of drug-likeness (QED) is 0.206. The van der Waals surface area contributed by atoms with E-state index in [0.29, 0.717) is 61.0 Å². The zero-order valence-corrected chi connectivity index (χ0v) is 30.6. The SMILES string of the molecule is CC(C)Oc1cc2nn(C3CCN(C(=O)CN4CCC(c5ccc(C6CCC(=O)NC6=O)cc5)CC4)CC3)cc2cc1C(=O)Nc1cnn2cccnc12. The zero-order valence-electron chi connectivity index (χ0n) is 30.6. The van der Waals surface area contributed by atoms with Gasteiger partial charge in [-0.3, -0.25) is 34.1 Å². The average molecular weight is 732 g/mol. The lowest BCUT2D eigenvalue weighted by Gasteiger charge is -2.36. The molecule has 54 heavy (non-hydrogen) atoms. The van der Waals surface area contributed by atoms with Crippen molar-refractivity contribution in [2.24, 2.45) is 0 Å². The lowest BCUT2D eigenvalue weighted by molar-refractivity contribution is -0.135. The lowest BCUT2D eigenvalue weighted by Crippen LogP contribution is -2.46. The maximum absolute atomic E-state index is 13.6. The molecule has 0 radical (unpaired) electrons. The molecule has 3 aliphatic heterocycles. The fourth-order valence-electron chi connectivity index (χ4n) is 8.00. The number of ether oxygens (including phenoxy) is 1. The fourth-order valence-corrected chi connectivity index (χ4v) is 8.00. The second-order valence-corrected chi connectivity index (χ2v) is 14.9. The third-order valence-electron chi connectivity index (χ3n) is 10.9. The summed E-state index contributed by atoms with van der Waals surface area (Å²) in [5, 5.41) is 15.4. The first-order valence-electron chi connectivity index (χ1n) is 18.9. The van der Waals surface area contributed by atoms with Crippen molar-refractivity contribution in [3.63, 3.8) is 0 Å². The minimum atomic E-state index is -0.322. The number of likely N-dealkylation sites (tertiary alicyclic amines) is 2. The number of imide groups is 1. The van der Waals surface area contributed by atoms with Gasteiger partial charge < -0.3 is 15.0 Å². The maximum Gasteiger partial charge on any atom is 0.259 e. The van der Waals surface area contributed by atoms with E-state index in [1.54, 1.807) is 29.2 Å². The van der Waals surface area contributed by atoms with Crippen molar-refractivity contribution in [1.29, 1.82) is 0 Å². The zero-order chi connectivity index (χ0) is 37.3. The van der Waals surface area contributed by atoms with Crippen LogP contribution in [0.1, 0.15) is 91.7 Å². The number of benzene rings is 2. The molecule has 0 saturated carbocycles. The highest BCUT2D eigenvalue weighted by Gasteiger charge is 2.30. The Bertz CT molecular complexity index is 2190. The molecule has 0 bridgehead atoms. The van der Waals surface area contributed by atoms with Crippen molar-refractivity contribution < 1.29 is 23.9 Å². The number of rotatable bonds is 9. The molecule has 14 nitrogen and oxygen atoms in total. The number of amides is 4. The van der Waals surface area contributed by atoms with Gasteiger partial charge in [-0.2, -0.15) is 10.2 Å². The van der Waals surface area contributed by atoms with Crippen molar-refractivity contribution in [2.75, 3.05) is 38.0 Å². The topological polar surface area (TPSA) is 156 Å². The highest BCUT2D eigenvalue weighted by Crippen LogP contribution is 2.33. The largest absolute Gasteiger partial charge is 0.490 e. The molecule has 3 aliphatic rings. The molecule has 1 unspecified atom stereocenters. The van der Waals surface area contributed by atoms with Gasteiger partial charge in [0.05, 0.1) is 41.9 Å². The Hall–Kier alpha value is -5.63. The summed E-state index contributed by atoms with van der Waals surface area (Å²) < 4.78 is 9.66. The molecule has 0 spiro atoms. The highest BCUT2D eigenvalue weighted by molar-refractivity contribution is 6.09. The molecular weight excluding hydrogens is 686 g/mol. The van der Waals surface area contributed by atoms with Crippen LogP contribution in [0.15, 0.2) is 67.3 Å². The Morgan fingerprint density at radius 2 is 1.74 bits per heavy atom. The number of hydrogen-bond donors (Lipinski definition) is 2. The number of nitrogens with zero attached hydrogens (tertiary/aromatic N) is 7. The van der Waals surface area contributed by atoms with E-state index in [4.69, 9.17) is 9.84 Å². The van der Waals surface area contributed by atoms with Crippen LogP contribution in [0.4, 0.5) is 5.69 Å². The second kappa shape index (κ2) is 15.0. The van der Waals surface area contributed by atoms with Gasteiger partial charge in [0.25, 0.3) is 5.91 Å². The minimum absolute atomic E-state index is 0.134. The van der Waals surface area contributed by atoms with Gasteiger partial charge in [0.15, 0.2) is 5.65 Å². The number of aromatic nitrogens is 5. The van der Waals surface area contributed by atoms with E-state index in [-0.39, 0.29) is 41.7 Å². The summed E-state index contributed by atoms with van der Waals surface area (Å²) in [6, 6.07) is 13.8. The molecule has 3 saturated heterocycles. The third-order valence-corrected chi connectivity index (χ3v) is 10.9. The third kappa shape index (κ3) is 7.43. The van der Waals surface area contributed by atoms with Crippen molar-refractivity contribution in [1.82, 2.24) is 39.5 Å². The van der Waals surface area contributed by atoms with Crippen molar-refractivity contribution in [3.8, 4) is 5.75 Å². The van der Waals surface area contributed by atoms with Crippen molar-refractivity contribution in [2.45, 2.75) is 76.4 Å². The van der Waals surface area contributed by atoms with Gasteiger partial charge in [0.2, 0.25) is 17.7 Å². The number of hydrogen-bond acceptors (Lipinski definition) is 9. The summed E-state index contributed by atoms with van der Waals surface area (Å²) in [6.45, 7) is 7.32. The molecule has 8 rings (SSSR count). The van der Waals surface area contributed by atoms with Crippen LogP contribution in [0.3, 0.4) is 0 Å². The number of carbonyl (C=O) groups excluding carboxylic acids is 4. The van der Waals surface area contributed by atoms with Crippen molar-refractivity contribution in [3.05, 3.63) is 83.9 Å². The summed E-state index contributed by atoms with van der Waals surface area (Å²) in [6.07, 6.45) is 11.3. The van der Waals surface area contributed by atoms with Gasteiger partial charge >= 0.3 is 0 Å². The predicted octanol–water partition coefficient (Wildman–Crippen LogP) is 4.68. The number of carbonyl (C=O) groups is 4. The van der Waals surface area contributed by atoms with Gasteiger partial charge in [0, 0.05) is 49.6 Å². The highest BCUT2D eigenvalue weighted by atomic mass is 16.5. The Morgan fingerprint density at radius 1 is 0.981 bits per heavy atom. The van der Waals surface area contributed by atoms with E-state index in [1.807, 2.05) is 53.9 Å². The summed E-state index contributed by atoms with van der Waals surface area (Å²) in [5.41, 5.74) is 4.41. The molecule has 14 heteroatoms. The summed E-state index contributed by atoms with van der Waals surface area (Å²) in [5.74, 6) is 0.0396. The smallest absolute Gasteiger partial charge is 0.259 e. The van der Waals surface area contributed by atoms with E-state index in [1.165, 1.54) is 5.56 Å². The number of nitrogens with one attached hydrogen (secondary N) is 2. The molecule has 0 aliphatic carbocycles. The molecular formula is C40H45N9O5. The number of fused-ring (bicyclic) bond motifs is 2. The Labute approximate surface area is 312 Å². The summed E-state index contributed by atoms with van der Waals surface area (Å²) in [4.78, 5) is 59.4. The van der Waals surface area contributed by atoms with Gasteiger partial charge in [-0.1, -0.05) is 24.3 Å². The standard InChI is InChI=1S/C40H45N9O5/c1-25(2)54-35-21-33-29(20-32(35)40(53)43-34-22-42-48-15-3-14-41-38(34)48)23-49(45-33)30-12-18-47(19-13-30)37(51)24-46-16-10-27(11-17-46)26-4-6-28(7-5-26)31-8-9-36(50)44-39(31)52/h3-7,14-15,20-23,25,27,30-31H,8-13,16-19,24H2,1-2H3,(H,43,53)(H,44,50,52). The molecule has 6 heterocycles. The van der Waals surface area contributed by atoms with Crippen LogP contribution in [0.2, 0.25) is 0 Å². The van der Waals surface area contributed by atoms with Crippen LogP contribution < -0.4 is 15.4 Å². The predicted molar refractivity (Wildman–Crippen MR) is 201 cm³/mol. The Balaban J connectivity index is 0.849. The van der Waals surface area contributed by atoms with Gasteiger partial charge in [-0.15, -0.1) is 0 Å². The van der Waals surface area contributed by atoms with E-state index < -0.39 is 0 Å².